The lowest BCUT2D eigenvalue weighted by molar-refractivity contribution is -0.141. The zero-order valence-corrected chi connectivity index (χ0v) is 25.7. The predicted octanol–water partition coefficient (Wildman–Crippen LogP) is 5.55. The molecule has 0 heterocycles. The van der Waals surface area contributed by atoms with Crippen LogP contribution in [-0.2, 0) is 32.6 Å². The highest BCUT2D eigenvalue weighted by atomic mass is 79.9. The largest absolute Gasteiger partial charge is 0.352 e. The van der Waals surface area contributed by atoms with Crippen molar-refractivity contribution in [3.63, 3.8) is 0 Å². The minimum absolute atomic E-state index is 0.0391. The van der Waals surface area contributed by atoms with Crippen LogP contribution in [0.3, 0.4) is 0 Å². The molecule has 0 bridgehead atoms. The Hall–Kier alpha value is -3.17. The number of hydrogen-bond donors (Lipinski definition) is 1. The fourth-order valence-electron chi connectivity index (χ4n) is 4.43. The number of carbonyl (C=O) groups is 2. The van der Waals surface area contributed by atoms with Crippen LogP contribution in [0.4, 0.5) is 5.69 Å². The molecule has 0 saturated carbocycles. The molecule has 2 atom stereocenters. The molecule has 3 aromatic carbocycles. The number of amides is 2. The molecule has 2 amide bonds. The van der Waals surface area contributed by atoms with E-state index in [4.69, 9.17) is 0 Å². The van der Waals surface area contributed by atoms with Gasteiger partial charge in [0.15, 0.2) is 0 Å². The van der Waals surface area contributed by atoms with Crippen molar-refractivity contribution < 1.29 is 18.0 Å². The molecule has 0 radical (unpaired) electrons. The normalized spacial score (nSPS) is 12.8. The molecule has 3 aromatic rings. The van der Waals surface area contributed by atoms with Crippen LogP contribution < -0.4 is 9.62 Å². The molecule has 1 N–H and O–H groups in total. The van der Waals surface area contributed by atoms with Crippen molar-refractivity contribution in [2.75, 3.05) is 17.1 Å². The Morgan fingerprint density at radius 3 is 2.15 bits per heavy atom. The molecule has 40 heavy (non-hydrogen) atoms. The van der Waals surface area contributed by atoms with Gasteiger partial charge in [-0.15, -0.1) is 0 Å². The van der Waals surface area contributed by atoms with E-state index in [0.29, 0.717) is 18.5 Å². The van der Waals surface area contributed by atoms with Crippen LogP contribution in [0.1, 0.15) is 44.2 Å². The van der Waals surface area contributed by atoms with E-state index in [1.807, 2.05) is 74.5 Å². The molecule has 0 aliphatic rings. The van der Waals surface area contributed by atoms with Gasteiger partial charge in [-0.25, -0.2) is 8.42 Å². The van der Waals surface area contributed by atoms with Gasteiger partial charge < -0.3 is 10.2 Å². The predicted molar refractivity (Wildman–Crippen MR) is 164 cm³/mol. The lowest BCUT2D eigenvalue weighted by Crippen LogP contribution is -2.52. The van der Waals surface area contributed by atoms with Gasteiger partial charge in [-0.2, -0.15) is 0 Å². The molecule has 0 saturated heterocycles. The lowest BCUT2D eigenvalue weighted by Gasteiger charge is -2.32. The fourth-order valence-corrected chi connectivity index (χ4v) is 5.84. The summed E-state index contributed by atoms with van der Waals surface area (Å²) in [6, 6.07) is 25.4. The first kappa shape index (κ1) is 31.4. The third kappa shape index (κ3) is 9.48. The van der Waals surface area contributed by atoms with Crippen LogP contribution in [0.15, 0.2) is 89.4 Å². The molecule has 0 aromatic heterocycles. The second-order valence-corrected chi connectivity index (χ2v) is 12.8. The molecule has 0 aliphatic carbocycles. The van der Waals surface area contributed by atoms with E-state index in [0.717, 1.165) is 28.3 Å². The highest BCUT2D eigenvalue weighted by Gasteiger charge is 2.31. The summed E-state index contributed by atoms with van der Waals surface area (Å²) in [6.07, 6.45) is 2.69. The van der Waals surface area contributed by atoms with Gasteiger partial charge in [-0.1, -0.05) is 83.5 Å². The number of rotatable bonds is 14. The van der Waals surface area contributed by atoms with E-state index >= 15 is 0 Å². The van der Waals surface area contributed by atoms with Gasteiger partial charge in [-0.3, -0.25) is 13.9 Å². The number of anilines is 1. The molecular formula is C31H38BrN3O4S. The Kier molecular flexibility index (Phi) is 11.8. The average molecular weight is 629 g/mol. The smallest absolute Gasteiger partial charge is 0.243 e. The maximum absolute atomic E-state index is 13.9. The van der Waals surface area contributed by atoms with Crippen molar-refractivity contribution in [1.82, 2.24) is 10.2 Å². The van der Waals surface area contributed by atoms with E-state index in [1.54, 1.807) is 29.2 Å². The lowest BCUT2D eigenvalue weighted by atomic mass is 10.0. The summed E-state index contributed by atoms with van der Waals surface area (Å²) in [7, 11) is -3.54. The zero-order chi connectivity index (χ0) is 29.1. The number of nitrogens with zero attached hydrogens (tertiary/aromatic N) is 2. The summed E-state index contributed by atoms with van der Waals surface area (Å²) in [6.45, 7) is 4.35. The van der Waals surface area contributed by atoms with Crippen LogP contribution in [0.2, 0.25) is 0 Å². The number of nitrogens with one attached hydrogen (secondary N) is 1. The Bertz CT molecular complexity index is 1350. The number of sulfonamides is 1. The van der Waals surface area contributed by atoms with E-state index < -0.39 is 16.1 Å². The molecular weight excluding hydrogens is 590 g/mol. The highest BCUT2D eigenvalue weighted by molar-refractivity contribution is 9.10. The summed E-state index contributed by atoms with van der Waals surface area (Å²) >= 11 is 3.50. The summed E-state index contributed by atoms with van der Waals surface area (Å²) in [5.74, 6) is -0.412. The van der Waals surface area contributed by atoms with Crippen molar-refractivity contribution in [2.24, 2.45) is 0 Å². The van der Waals surface area contributed by atoms with E-state index in [-0.39, 0.29) is 37.4 Å². The Balaban J connectivity index is 1.88. The molecule has 214 valence electrons. The van der Waals surface area contributed by atoms with Crippen molar-refractivity contribution in [2.45, 2.75) is 58.2 Å². The van der Waals surface area contributed by atoms with Crippen LogP contribution >= 0.6 is 15.9 Å². The number of halogens is 1. The maximum Gasteiger partial charge on any atom is 0.243 e. The van der Waals surface area contributed by atoms with E-state index in [9.17, 15) is 18.0 Å². The topological polar surface area (TPSA) is 86.8 Å². The first-order valence-corrected chi connectivity index (χ1v) is 16.1. The molecule has 3 rings (SSSR count). The minimum Gasteiger partial charge on any atom is -0.352 e. The first-order chi connectivity index (χ1) is 19.1. The number of para-hydroxylation sites is 1. The fraction of sp³-hybridized carbons (Fsp3) is 0.355. The van der Waals surface area contributed by atoms with Gasteiger partial charge in [-0.05, 0) is 55.2 Å². The summed E-state index contributed by atoms with van der Waals surface area (Å²) < 4.78 is 27.2. The van der Waals surface area contributed by atoms with Gasteiger partial charge in [0.25, 0.3) is 0 Å². The Labute approximate surface area is 246 Å². The van der Waals surface area contributed by atoms with Gasteiger partial charge in [0.1, 0.15) is 6.04 Å². The van der Waals surface area contributed by atoms with Crippen molar-refractivity contribution in [3.8, 4) is 0 Å². The number of benzene rings is 3. The monoisotopic (exact) mass is 627 g/mol. The third-order valence-electron chi connectivity index (χ3n) is 6.71. The SMILES string of the molecule is CC[C@@H](C)NC(=O)[C@@H](Cc1ccccc1)N(Cc1cccc(Br)c1)C(=O)CCCN(c1ccccc1)S(C)(=O)=O. The van der Waals surface area contributed by atoms with Crippen LogP contribution in [0.5, 0.6) is 0 Å². The van der Waals surface area contributed by atoms with Gasteiger partial charge in [0.2, 0.25) is 21.8 Å². The van der Waals surface area contributed by atoms with Gasteiger partial charge in [0.05, 0.1) is 11.9 Å². The molecule has 7 nitrogen and oxygen atoms in total. The number of hydrogen-bond acceptors (Lipinski definition) is 4. The van der Waals surface area contributed by atoms with Crippen molar-refractivity contribution in [1.29, 1.82) is 0 Å². The van der Waals surface area contributed by atoms with Crippen LogP contribution in [0, 0.1) is 0 Å². The summed E-state index contributed by atoms with van der Waals surface area (Å²) in [5, 5.41) is 3.07. The first-order valence-electron chi connectivity index (χ1n) is 13.5. The quantitative estimate of drug-likeness (QED) is 0.254. The van der Waals surface area contributed by atoms with Gasteiger partial charge >= 0.3 is 0 Å². The Morgan fingerprint density at radius 2 is 1.55 bits per heavy atom. The second-order valence-electron chi connectivity index (χ2n) is 9.95. The van der Waals surface area contributed by atoms with E-state index in [2.05, 4.69) is 21.2 Å². The maximum atomic E-state index is 13.9. The summed E-state index contributed by atoms with van der Waals surface area (Å²) in [4.78, 5) is 29.1. The Morgan fingerprint density at radius 1 is 0.925 bits per heavy atom. The molecule has 0 aliphatic heterocycles. The average Bonchev–Trinajstić information content (AvgIpc) is 2.93. The molecule has 0 unspecified atom stereocenters. The van der Waals surface area contributed by atoms with Crippen molar-refractivity contribution >= 4 is 43.5 Å². The second kappa shape index (κ2) is 15.0. The minimum atomic E-state index is -3.54. The van der Waals surface area contributed by atoms with Gasteiger partial charge in [0, 0.05) is 36.4 Å². The third-order valence-corrected chi connectivity index (χ3v) is 8.40. The number of carbonyl (C=O) groups excluding carboxylic acids is 2. The zero-order valence-electron chi connectivity index (χ0n) is 23.3. The molecule has 9 heteroatoms. The van der Waals surface area contributed by atoms with Crippen molar-refractivity contribution in [3.05, 3.63) is 101 Å². The summed E-state index contributed by atoms with van der Waals surface area (Å²) in [5.41, 5.74) is 2.39. The highest BCUT2D eigenvalue weighted by Crippen LogP contribution is 2.21. The van der Waals surface area contributed by atoms with Crippen LogP contribution in [-0.4, -0.2) is 50.0 Å². The molecule has 0 spiro atoms. The van der Waals surface area contributed by atoms with Crippen LogP contribution in [0.25, 0.3) is 0 Å². The van der Waals surface area contributed by atoms with E-state index in [1.165, 1.54) is 4.31 Å². The standard InChI is InChI=1S/C31H38BrN3O4S/c1-4-24(2)33-31(37)29(22-25-13-7-5-8-14-25)34(23-26-15-11-16-27(32)21-26)30(36)19-12-20-35(40(3,38)39)28-17-9-6-10-18-28/h5-11,13-18,21,24,29H,4,12,19-20,22-23H2,1-3H3,(H,33,37)/t24-,29-/m1/s1. The molecule has 0 fully saturated rings.